The van der Waals surface area contributed by atoms with Crippen molar-refractivity contribution in [2.75, 3.05) is 35.7 Å². The molecule has 1 saturated heterocycles. The van der Waals surface area contributed by atoms with Crippen LogP contribution in [-0.2, 0) is 17.2 Å². The highest BCUT2D eigenvalue weighted by Crippen LogP contribution is 2.47. The highest BCUT2D eigenvalue weighted by Gasteiger charge is 2.43. The monoisotopic (exact) mass is 500 g/mol. The smallest absolute Gasteiger partial charge is 0.227 e. The minimum absolute atomic E-state index is 0.0771. The molecule has 4 aliphatic rings. The second-order valence-electron chi connectivity index (χ2n) is 10.7. The first-order valence-corrected chi connectivity index (χ1v) is 14.4. The third-order valence-corrected chi connectivity index (χ3v) is 10.3. The number of aliphatic hydroxyl groups is 1. The molecule has 2 unspecified atom stereocenters. The number of benzene rings is 1. The molecule has 182 valence electrons. The zero-order valence-corrected chi connectivity index (χ0v) is 21.1. The predicted octanol–water partition coefficient (Wildman–Crippen LogP) is 4.53. The van der Waals surface area contributed by atoms with E-state index < -0.39 is 10.8 Å². The van der Waals surface area contributed by atoms with Crippen LogP contribution in [0.5, 0.6) is 0 Å². The molecular formula is C26H33ClN4O2S. The van der Waals surface area contributed by atoms with Crippen molar-refractivity contribution >= 4 is 34.2 Å². The molecule has 0 amide bonds. The van der Waals surface area contributed by atoms with Crippen molar-refractivity contribution in [3.63, 3.8) is 0 Å². The summed E-state index contributed by atoms with van der Waals surface area (Å²) in [7, 11) is -1.10. The fourth-order valence-electron chi connectivity index (χ4n) is 6.39. The van der Waals surface area contributed by atoms with E-state index in [4.69, 9.17) is 21.6 Å². The van der Waals surface area contributed by atoms with Crippen LogP contribution in [0.2, 0.25) is 5.02 Å². The Labute approximate surface area is 209 Å². The Bertz CT molecular complexity index is 1070. The third-order valence-electron chi connectivity index (χ3n) is 8.52. The summed E-state index contributed by atoms with van der Waals surface area (Å²) in [5.41, 5.74) is 2.01. The van der Waals surface area contributed by atoms with Crippen molar-refractivity contribution in [3.8, 4) is 0 Å². The number of aliphatic hydroxyl groups excluding tert-OH is 1. The summed E-state index contributed by atoms with van der Waals surface area (Å²) in [4.78, 5) is 13.1. The molecular weight excluding hydrogens is 468 g/mol. The average Bonchev–Trinajstić information content (AvgIpc) is 3.33. The molecule has 8 heteroatoms. The van der Waals surface area contributed by atoms with Gasteiger partial charge < -0.3 is 15.3 Å². The Balaban J connectivity index is 1.25. The number of anilines is 2. The van der Waals surface area contributed by atoms with Gasteiger partial charge in [0.15, 0.2) is 0 Å². The molecule has 2 aliphatic heterocycles. The first kappa shape index (κ1) is 22.7. The minimum Gasteiger partial charge on any atom is -0.394 e. The van der Waals surface area contributed by atoms with Crippen LogP contribution in [0, 0.1) is 11.8 Å². The highest BCUT2D eigenvalue weighted by molar-refractivity contribution is 7.85. The van der Waals surface area contributed by atoms with Gasteiger partial charge in [-0.25, -0.2) is 4.98 Å². The number of fused-ring (bicyclic) bond motifs is 2. The van der Waals surface area contributed by atoms with Gasteiger partial charge in [-0.3, -0.25) is 4.21 Å². The quantitative estimate of drug-likeness (QED) is 0.628. The fraction of sp³-hybridized carbons (Fsp3) is 0.615. The van der Waals surface area contributed by atoms with Crippen molar-refractivity contribution in [1.82, 2.24) is 9.97 Å². The normalized spacial score (nSPS) is 29.8. The van der Waals surface area contributed by atoms with Gasteiger partial charge >= 0.3 is 0 Å². The lowest BCUT2D eigenvalue weighted by Gasteiger charge is -2.42. The number of nitrogens with zero attached hydrogens (tertiary/aromatic N) is 3. The maximum atomic E-state index is 13.1. The summed E-state index contributed by atoms with van der Waals surface area (Å²) >= 11 is 6.09. The summed E-state index contributed by atoms with van der Waals surface area (Å²) < 4.78 is 13.1. The molecule has 2 aromatic rings. The van der Waals surface area contributed by atoms with Gasteiger partial charge in [0.25, 0.3) is 0 Å². The van der Waals surface area contributed by atoms with Gasteiger partial charge in [0, 0.05) is 23.9 Å². The summed E-state index contributed by atoms with van der Waals surface area (Å²) in [5, 5.41) is 14.4. The second-order valence-corrected chi connectivity index (χ2v) is 12.7. The first-order chi connectivity index (χ1) is 16.5. The molecule has 3 fully saturated rings. The molecule has 1 aromatic heterocycles. The van der Waals surface area contributed by atoms with Crippen molar-refractivity contribution < 1.29 is 9.32 Å². The summed E-state index contributed by atoms with van der Waals surface area (Å²) in [5.74, 6) is 4.02. The topological polar surface area (TPSA) is 78.4 Å². The van der Waals surface area contributed by atoms with Crippen molar-refractivity contribution in [2.45, 2.75) is 67.7 Å². The molecule has 2 aliphatic carbocycles. The first-order valence-electron chi connectivity index (χ1n) is 12.7. The predicted molar refractivity (Wildman–Crippen MR) is 136 cm³/mol. The van der Waals surface area contributed by atoms with Crippen LogP contribution in [0.25, 0.3) is 0 Å². The van der Waals surface area contributed by atoms with Crippen LogP contribution < -0.4 is 10.2 Å². The Morgan fingerprint density at radius 1 is 1.09 bits per heavy atom. The number of hydrogen-bond donors (Lipinski definition) is 2. The van der Waals surface area contributed by atoms with Crippen LogP contribution in [0.15, 0.2) is 29.2 Å². The Hall–Kier alpha value is -1.70. The van der Waals surface area contributed by atoms with Crippen LogP contribution in [-0.4, -0.2) is 50.3 Å². The number of aromatic nitrogens is 2. The molecule has 3 atom stereocenters. The highest BCUT2D eigenvalue weighted by atomic mass is 35.5. The van der Waals surface area contributed by atoms with Crippen molar-refractivity contribution in [1.29, 1.82) is 0 Å². The van der Waals surface area contributed by atoms with Gasteiger partial charge in [-0.1, -0.05) is 23.7 Å². The van der Waals surface area contributed by atoms with Gasteiger partial charge in [-0.2, -0.15) is 4.98 Å². The van der Waals surface area contributed by atoms with E-state index in [1.54, 1.807) is 0 Å². The lowest BCUT2D eigenvalue weighted by atomic mass is 9.77. The van der Waals surface area contributed by atoms with Gasteiger partial charge in [-0.15, -0.1) is 0 Å². The lowest BCUT2D eigenvalue weighted by Crippen LogP contribution is -2.49. The van der Waals surface area contributed by atoms with E-state index in [9.17, 15) is 9.32 Å². The van der Waals surface area contributed by atoms with Crippen LogP contribution in [0.3, 0.4) is 0 Å². The average molecular weight is 501 g/mol. The van der Waals surface area contributed by atoms with Gasteiger partial charge in [-0.05, 0) is 86.8 Å². The van der Waals surface area contributed by atoms with E-state index >= 15 is 0 Å². The van der Waals surface area contributed by atoms with Gasteiger partial charge in [0.1, 0.15) is 10.7 Å². The minimum atomic E-state index is -1.10. The van der Waals surface area contributed by atoms with E-state index in [0.717, 1.165) is 73.2 Å². The van der Waals surface area contributed by atoms with Crippen molar-refractivity contribution in [3.05, 3.63) is 40.5 Å². The Morgan fingerprint density at radius 2 is 1.82 bits per heavy atom. The number of rotatable bonds is 5. The molecule has 2 saturated carbocycles. The van der Waals surface area contributed by atoms with E-state index in [1.807, 2.05) is 12.1 Å². The van der Waals surface area contributed by atoms with E-state index in [-0.39, 0.29) is 12.1 Å². The van der Waals surface area contributed by atoms with Crippen LogP contribution in [0.4, 0.5) is 11.8 Å². The van der Waals surface area contributed by atoms with Gasteiger partial charge in [0.05, 0.1) is 28.6 Å². The fourth-order valence-corrected chi connectivity index (χ4v) is 7.91. The molecule has 34 heavy (non-hydrogen) atoms. The maximum Gasteiger partial charge on any atom is 0.227 e. The largest absolute Gasteiger partial charge is 0.394 e. The summed E-state index contributed by atoms with van der Waals surface area (Å²) in [6, 6.07) is 8.36. The van der Waals surface area contributed by atoms with E-state index in [2.05, 4.69) is 22.3 Å². The standard InChI is InChI=1S/C26H33ClN4O2S/c27-21-7-5-17(6-8-21)18-12-19-14-31(15-20(19)13-18)25-28-22-4-1-2-11-34(33)23(22)24(29-25)30-26(16-32)9-3-10-26/h5-8,18-20,32H,1-4,9-16H2,(H,28,29,30)/t18?,19?,20?,34-/m0/s1. The number of hydrogen-bond acceptors (Lipinski definition) is 6. The summed E-state index contributed by atoms with van der Waals surface area (Å²) in [6.07, 6.45) is 8.12. The van der Waals surface area contributed by atoms with Crippen molar-refractivity contribution in [2.24, 2.45) is 11.8 Å². The zero-order valence-electron chi connectivity index (χ0n) is 19.5. The second kappa shape index (κ2) is 9.07. The lowest BCUT2D eigenvalue weighted by molar-refractivity contribution is 0.143. The summed E-state index contributed by atoms with van der Waals surface area (Å²) in [6.45, 7) is 2.02. The number of halogens is 1. The zero-order chi connectivity index (χ0) is 23.3. The molecule has 2 N–H and O–H groups in total. The molecule has 0 spiro atoms. The maximum absolute atomic E-state index is 13.1. The Kier molecular flexibility index (Phi) is 6.06. The molecule has 0 radical (unpaired) electrons. The number of nitrogens with one attached hydrogen (secondary N) is 1. The molecule has 3 heterocycles. The SMILES string of the molecule is O=[S@]1CCCCc2nc(N3CC4CC(c5ccc(Cl)cc5)CC4C3)nc(NC3(CO)CCC3)c21. The Morgan fingerprint density at radius 3 is 2.47 bits per heavy atom. The molecule has 0 bridgehead atoms. The van der Waals surface area contributed by atoms with Gasteiger partial charge in [0.2, 0.25) is 5.95 Å². The molecule has 6 rings (SSSR count). The third kappa shape index (κ3) is 4.14. The van der Waals surface area contributed by atoms with Crippen LogP contribution in [0.1, 0.15) is 62.1 Å². The number of aryl methyl sites for hydroxylation is 1. The van der Waals surface area contributed by atoms with E-state index in [0.29, 0.717) is 29.3 Å². The molecule has 1 aromatic carbocycles. The van der Waals surface area contributed by atoms with Crippen LogP contribution >= 0.6 is 11.6 Å². The van der Waals surface area contributed by atoms with E-state index in [1.165, 1.54) is 18.4 Å². The molecule has 6 nitrogen and oxygen atoms in total.